The number of hydrogen-bond acceptors (Lipinski definition) is 2. The van der Waals surface area contributed by atoms with Crippen molar-refractivity contribution in [3.63, 3.8) is 0 Å². The van der Waals surface area contributed by atoms with Crippen LogP contribution in [-0.2, 0) is 0 Å². The van der Waals surface area contributed by atoms with Gasteiger partial charge in [-0.05, 0) is 58.3 Å². The fourth-order valence-electron chi connectivity index (χ4n) is 3.45. The molecule has 20 heavy (non-hydrogen) atoms. The Morgan fingerprint density at radius 2 is 1.95 bits per heavy atom. The molecule has 0 aliphatic carbocycles. The molecular formula is C18H30N2. The van der Waals surface area contributed by atoms with E-state index in [2.05, 4.69) is 56.2 Å². The Balaban J connectivity index is 1.92. The Hall–Kier alpha value is -0.860. The minimum Gasteiger partial charge on any atom is -0.313 e. The van der Waals surface area contributed by atoms with E-state index in [0.29, 0.717) is 6.04 Å². The van der Waals surface area contributed by atoms with E-state index < -0.39 is 0 Å². The van der Waals surface area contributed by atoms with Gasteiger partial charge in [-0.2, -0.15) is 0 Å². The molecular weight excluding hydrogens is 244 g/mol. The summed E-state index contributed by atoms with van der Waals surface area (Å²) in [6.07, 6.45) is 3.93. The van der Waals surface area contributed by atoms with Gasteiger partial charge < -0.3 is 10.2 Å². The first kappa shape index (κ1) is 15.5. The Morgan fingerprint density at radius 3 is 2.50 bits per heavy atom. The molecule has 2 nitrogen and oxygen atoms in total. The monoisotopic (exact) mass is 274 g/mol. The highest BCUT2D eigenvalue weighted by Crippen LogP contribution is 2.23. The first-order valence-corrected chi connectivity index (χ1v) is 8.10. The van der Waals surface area contributed by atoms with Gasteiger partial charge in [-0.1, -0.05) is 42.7 Å². The smallest absolute Gasteiger partial charge is 0.0329 e. The predicted molar refractivity (Wildman–Crippen MR) is 87.2 cm³/mol. The number of rotatable bonds is 6. The lowest BCUT2D eigenvalue weighted by Crippen LogP contribution is -2.27. The molecule has 1 aliphatic heterocycles. The molecule has 1 heterocycles. The van der Waals surface area contributed by atoms with Gasteiger partial charge in [-0.15, -0.1) is 0 Å². The van der Waals surface area contributed by atoms with Crippen molar-refractivity contribution in [3.05, 3.63) is 34.9 Å². The van der Waals surface area contributed by atoms with E-state index >= 15 is 0 Å². The van der Waals surface area contributed by atoms with Crippen LogP contribution in [-0.4, -0.2) is 31.6 Å². The number of nitrogens with one attached hydrogen (secondary N) is 1. The summed E-state index contributed by atoms with van der Waals surface area (Å²) in [6.45, 7) is 10.5. The second-order valence-electron chi connectivity index (χ2n) is 6.41. The molecule has 2 heteroatoms. The average molecular weight is 274 g/mol. The molecule has 0 bridgehead atoms. The van der Waals surface area contributed by atoms with Crippen molar-refractivity contribution in [2.75, 3.05) is 26.7 Å². The van der Waals surface area contributed by atoms with Crippen molar-refractivity contribution < 1.29 is 0 Å². The molecule has 0 amide bonds. The fourth-order valence-corrected chi connectivity index (χ4v) is 3.45. The van der Waals surface area contributed by atoms with Gasteiger partial charge in [0.05, 0.1) is 0 Å². The maximum Gasteiger partial charge on any atom is 0.0329 e. The Kier molecular flexibility index (Phi) is 5.62. The highest BCUT2D eigenvalue weighted by molar-refractivity contribution is 5.30. The van der Waals surface area contributed by atoms with E-state index in [4.69, 9.17) is 0 Å². The summed E-state index contributed by atoms with van der Waals surface area (Å²) in [6, 6.07) is 7.39. The summed E-state index contributed by atoms with van der Waals surface area (Å²) in [5, 5.41) is 3.50. The Morgan fingerprint density at radius 1 is 1.25 bits per heavy atom. The molecule has 1 saturated heterocycles. The third-order valence-corrected chi connectivity index (χ3v) is 4.68. The highest BCUT2D eigenvalue weighted by atomic mass is 15.1. The lowest BCUT2D eigenvalue weighted by molar-refractivity contribution is 0.301. The van der Waals surface area contributed by atoms with Crippen LogP contribution in [0.2, 0.25) is 0 Å². The predicted octanol–water partition coefficient (Wildman–Crippen LogP) is 3.69. The maximum absolute atomic E-state index is 3.50. The van der Waals surface area contributed by atoms with Gasteiger partial charge in [0.25, 0.3) is 0 Å². The van der Waals surface area contributed by atoms with E-state index in [0.717, 1.165) is 5.92 Å². The lowest BCUT2D eigenvalue weighted by Gasteiger charge is -2.22. The summed E-state index contributed by atoms with van der Waals surface area (Å²) >= 11 is 0. The van der Waals surface area contributed by atoms with Gasteiger partial charge in [-0.3, -0.25) is 0 Å². The quantitative estimate of drug-likeness (QED) is 0.851. The van der Waals surface area contributed by atoms with Gasteiger partial charge in [0.2, 0.25) is 0 Å². The summed E-state index contributed by atoms with van der Waals surface area (Å²) < 4.78 is 0. The van der Waals surface area contributed by atoms with Gasteiger partial charge in [0, 0.05) is 12.6 Å². The van der Waals surface area contributed by atoms with Gasteiger partial charge in [0.1, 0.15) is 0 Å². The second kappa shape index (κ2) is 7.24. The third kappa shape index (κ3) is 4.07. The van der Waals surface area contributed by atoms with Crippen LogP contribution < -0.4 is 5.32 Å². The molecule has 0 radical (unpaired) electrons. The zero-order valence-electron chi connectivity index (χ0n) is 13.6. The van der Waals surface area contributed by atoms with Crippen molar-refractivity contribution in [3.8, 4) is 0 Å². The average Bonchev–Trinajstić information content (AvgIpc) is 2.86. The van der Waals surface area contributed by atoms with E-state index in [-0.39, 0.29) is 0 Å². The fraction of sp³-hybridized carbons (Fsp3) is 0.667. The van der Waals surface area contributed by atoms with Crippen LogP contribution in [0.3, 0.4) is 0 Å². The minimum atomic E-state index is 0.481. The van der Waals surface area contributed by atoms with Crippen LogP contribution in [0.5, 0.6) is 0 Å². The number of likely N-dealkylation sites (tertiary alicyclic amines) is 1. The highest BCUT2D eigenvalue weighted by Gasteiger charge is 2.21. The van der Waals surface area contributed by atoms with E-state index in [1.807, 2.05) is 0 Å². The van der Waals surface area contributed by atoms with Crippen LogP contribution >= 0.6 is 0 Å². The molecule has 2 atom stereocenters. The molecule has 112 valence electrons. The molecule has 0 aromatic heterocycles. The minimum absolute atomic E-state index is 0.481. The van der Waals surface area contributed by atoms with Crippen molar-refractivity contribution in [1.82, 2.24) is 10.2 Å². The van der Waals surface area contributed by atoms with Gasteiger partial charge in [0.15, 0.2) is 0 Å². The normalized spacial score (nSPS) is 21.3. The Bertz CT molecular complexity index is 407. The number of aryl methyl sites for hydroxylation is 2. The van der Waals surface area contributed by atoms with Crippen LogP contribution in [0.1, 0.15) is 48.9 Å². The topological polar surface area (TPSA) is 15.3 Å². The van der Waals surface area contributed by atoms with Crippen LogP contribution in [0, 0.1) is 19.8 Å². The molecule has 0 saturated carbocycles. The lowest BCUT2D eigenvalue weighted by atomic mass is 9.99. The largest absolute Gasteiger partial charge is 0.313 e. The molecule has 0 spiro atoms. The molecule has 2 unspecified atom stereocenters. The first-order chi connectivity index (χ1) is 9.62. The molecule has 1 aliphatic rings. The molecule has 2 rings (SSSR count). The van der Waals surface area contributed by atoms with Crippen LogP contribution in [0.4, 0.5) is 0 Å². The molecule has 1 aromatic carbocycles. The van der Waals surface area contributed by atoms with E-state index in [1.165, 1.54) is 55.6 Å². The third-order valence-electron chi connectivity index (χ3n) is 4.68. The van der Waals surface area contributed by atoms with Crippen molar-refractivity contribution in [2.45, 2.75) is 46.1 Å². The van der Waals surface area contributed by atoms with Crippen LogP contribution in [0.15, 0.2) is 18.2 Å². The molecule has 1 fully saturated rings. The summed E-state index contributed by atoms with van der Waals surface area (Å²) in [4.78, 5) is 2.64. The standard InChI is InChI=1S/C18H30N2/c1-5-16-6-8-20(13-16)9-7-18(19-4)17-11-14(2)10-15(3)12-17/h10-12,16,18-19H,5-9,13H2,1-4H3. The number of nitrogens with zero attached hydrogens (tertiary/aromatic N) is 1. The SMILES string of the molecule is CCC1CCN(CCC(NC)c2cc(C)cc(C)c2)C1. The summed E-state index contributed by atoms with van der Waals surface area (Å²) in [7, 11) is 2.08. The summed E-state index contributed by atoms with van der Waals surface area (Å²) in [5.41, 5.74) is 4.18. The van der Waals surface area contributed by atoms with Crippen molar-refractivity contribution >= 4 is 0 Å². The molecule has 1 aromatic rings. The van der Waals surface area contributed by atoms with E-state index in [9.17, 15) is 0 Å². The van der Waals surface area contributed by atoms with Crippen LogP contribution in [0.25, 0.3) is 0 Å². The molecule has 1 N–H and O–H groups in total. The Labute approximate surface area is 124 Å². The zero-order chi connectivity index (χ0) is 14.5. The van der Waals surface area contributed by atoms with Crippen molar-refractivity contribution in [1.29, 1.82) is 0 Å². The number of benzene rings is 1. The summed E-state index contributed by atoms with van der Waals surface area (Å²) in [5.74, 6) is 0.934. The first-order valence-electron chi connectivity index (χ1n) is 8.10. The maximum atomic E-state index is 3.50. The van der Waals surface area contributed by atoms with E-state index in [1.54, 1.807) is 0 Å². The zero-order valence-corrected chi connectivity index (χ0v) is 13.6. The number of hydrogen-bond donors (Lipinski definition) is 1. The van der Waals surface area contributed by atoms with Gasteiger partial charge >= 0.3 is 0 Å². The van der Waals surface area contributed by atoms with Gasteiger partial charge in [-0.25, -0.2) is 0 Å². The second-order valence-corrected chi connectivity index (χ2v) is 6.41. The van der Waals surface area contributed by atoms with Crippen molar-refractivity contribution in [2.24, 2.45) is 5.92 Å².